The van der Waals surface area contributed by atoms with E-state index in [1.54, 1.807) is 0 Å². The number of likely N-dealkylation sites (tertiary alicyclic amines) is 1. The fourth-order valence-corrected chi connectivity index (χ4v) is 3.34. The first-order chi connectivity index (χ1) is 9.19. The lowest BCUT2D eigenvalue weighted by atomic mass is 9.91. The van der Waals surface area contributed by atoms with Crippen molar-refractivity contribution in [3.05, 3.63) is 0 Å². The highest BCUT2D eigenvalue weighted by Crippen LogP contribution is 2.48. The van der Waals surface area contributed by atoms with Crippen LogP contribution in [0, 0.1) is 11.3 Å². The molecule has 0 aromatic carbocycles. The van der Waals surface area contributed by atoms with Gasteiger partial charge in [0.2, 0.25) is 0 Å². The Morgan fingerprint density at radius 3 is 2.84 bits per heavy atom. The van der Waals surface area contributed by atoms with Gasteiger partial charge in [-0.1, -0.05) is 6.92 Å². The Balaban J connectivity index is 1.70. The Hall–Kier alpha value is -0.120. The summed E-state index contributed by atoms with van der Waals surface area (Å²) in [5, 5.41) is 3.83. The minimum absolute atomic E-state index is 0.573. The summed E-state index contributed by atoms with van der Waals surface area (Å²) < 4.78 is 5.23. The second-order valence-corrected chi connectivity index (χ2v) is 6.71. The van der Waals surface area contributed by atoms with E-state index in [1.807, 2.05) is 7.11 Å². The molecule has 19 heavy (non-hydrogen) atoms. The van der Waals surface area contributed by atoms with Gasteiger partial charge in [-0.05, 0) is 63.5 Å². The van der Waals surface area contributed by atoms with Crippen molar-refractivity contribution in [1.29, 1.82) is 0 Å². The molecule has 112 valence electrons. The van der Waals surface area contributed by atoms with Gasteiger partial charge in [-0.3, -0.25) is 0 Å². The molecule has 1 heterocycles. The van der Waals surface area contributed by atoms with Crippen molar-refractivity contribution in [3.63, 3.8) is 0 Å². The summed E-state index contributed by atoms with van der Waals surface area (Å²) in [5.74, 6) is 0.840. The van der Waals surface area contributed by atoms with E-state index in [9.17, 15) is 0 Å². The average Bonchev–Trinajstić information content (AvgIpc) is 3.23. The largest absolute Gasteiger partial charge is 0.385 e. The van der Waals surface area contributed by atoms with Crippen molar-refractivity contribution in [1.82, 2.24) is 10.2 Å². The van der Waals surface area contributed by atoms with Gasteiger partial charge in [0, 0.05) is 32.8 Å². The summed E-state index contributed by atoms with van der Waals surface area (Å²) in [4.78, 5) is 2.60. The van der Waals surface area contributed by atoms with E-state index in [4.69, 9.17) is 4.74 Å². The summed E-state index contributed by atoms with van der Waals surface area (Å²) >= 11 is 0. The van der Waals surface area contributed by atoms with E-state index in [1.165, 1.54) is 58.3 Å². The first-order valence-electron chi connectivity index (χ1n) is 8.14. The summed E-state index contributed by atoms with van der Waals surface area (Å²) in [7, 11) is 1.81. The van der Waals surface area contributed by atoms with Gasteiger partial charge in [0.05, 0.1) is 0 Å². The van der Waals surface area contributed by atoms with Crippen LogP contribution in [-0.2, 0) is 4.74 Å². The van der Waals surface area contributed by atoms with Crippen LogP contribution in [0.4, 0.5) is 0 Å². The van der Waals surface area contributed by atoms with Crippen LogP contribution in [0.25, 0.3) is 0 Å². The second kappa shape index (κ2) is 7.05. The molecular formula is C16H32N2O. The average molecular weight is 268 g/mol. The van der Waals surface area contributed by atoms with Crippen LogP contribution in [0.5, 0.6) is 0 Å². The molecule has 3 heteroatoms. The number of nitrogens with one attached hydrogen (secondary N) is 1. The zero-order chi connectivity index (χ0) is 13.7. The molecule has 2 aliphatic rings. The molecule has 0 spiro atoms. The maximum absolute atomic E-state index is 5.23. The number of hydrogen-bond donors (Lipinski definition) is 1. The van der Waals surface area contributed by atoms with Crippen LogP contribution in [0.2, 0.25) is 0 Å². The molecule has 0 bridgehead atoms. The lowest BCUT2D eigenvalue weighted by molar-refractivity contribution is 0.147. The minimum atomic E-state index is 0.573. The molecule has 0 aromatic heterocycles. The van der Waals surface area contributed by atoms with Crippen LogP contribution in [0.3, 0.4) is 0 Å². The number of methoxy groups -OCH3 is 1. The third-order valence-corrected chi connectivity index (χ3v) is 5.29. The van der Waals surface area contributed by atoms with Gasteiger partial charge < -0.3 is 15.0 Å². The van der Waals surface area contributed by atoms with Crippen molar-refractivity contribution in [2.45, 2.75) is 52.0 Å². The van der Waals surface area contributed by atoms with E-state index < -0.39 is 0 Å². The highest BCUT2D eigenvalue weighted by Gasteiger charge is 2.42. The van der Waals surface area contributed by atoms with Crippen molar-refractivity contribution < 1.29 is 4.74 Å². The maximum atomic E-state index is 5.23. The number of nitrogens with zero attached hydrogens (tertiary/aromatic N) is 1. The van der Waals surface area contributed by atoms with Crippen LogP contribution in [0.15, 0.2) is 0 Å². The van der Waals surface area contributed by atoms with Gasteiger partial charge in [-0.15, -0.1) is 0 Å². The third-order valence-electron chi connectivity index (χ3n) is 5.29. The molecule has 2 unspecified atom stereocenters. The molecule has 0 amide bonds. The van der Waals surface area contributed by atoms with E-state index in [0.717, 1.165) is 12.5 Å². The van der Waals surface area contributed by atoms with Gasteiger partial charge >= 0.3 is 0 Å². The number of piperidine rings is 1. The van der Waals surface area contributed by atoms with Crippen LogP contribution < -0.4 is 5.32 Å². The van der Waals surface area contributed by atoms with E-state index in [-0.39, 0.29) is 0 Å². The lowest BCUT2D eigenvalue weighted by Crippen LogP contribution is -2.45. The smallest absolute Gasteiger partial charge is 0.0468 e. The molecule has 3 nitrogen and oxygen atoms in total. The zero-order valence-corrected chi connectivity index (χ0v) is 13.1. The predicted molar refractivity (Wildman–Crippen MR) is 80.5 cm³/mol. The Labute approximate surface area is 119 Å². The van der Waals surface area contributed by atoms with Gasteiger partial charge in [0.15, 0.2) is 0 Å². The monoisotopic (exact) mass is 268 g/mol. The summed E-state index contributed by atoms with van der Waals surface area (Å²) in [6, 6.07) is 0.661. The van der Waals surface area contributed by atoms with Crippen LogP contribution in [-0.4, -0.2) is 50.8 Å². The van der Waals surface area contributed by atoms with Crippen LogP contribution in [0.1, 0.15) is 46.0 Å². The normalized spacial score (nSPS) is 28.3. The van der Waals surface area contributed by atoms with Crippen molar-refractivity contribution in [2.75, 3.05) is 39.9 Å². The van der Waals surface area contributed by atoms with E-state index in [2.05, 4.69) is 24.1 Å². The van der Waals surface area contributed by atoms with Crippen LogP contribution >= 0.6 is 0 Å². The van der Waals surface area contributed by atoms with Gasteiger partial charge in [-0.2, -0.15) is 0 Å². The third kappa shape index (κ3) is 4.44. The number of rotatable bonds is 8. The summed E-state index contributed by atoms with van der Waals surface area (Å²) in [5.41, 5.74) is 0.573. The van der Waals surface area contributed by atoms with Crippen molar-refractivity contribution >= 4 is 0 Å². The Kier molecular flexibility index (Phi) is 5.67. The van der Waals surface area contributed by atoms with Crippen molar-refractivity contribution in [3.8, 4) is 0 Å². The fourth-order valence-electron chi connectivity index (χ4n) is 3.34. The molecule has 2 fully saturated rings. The first-order valence-corrected chi connectivity index (χ1v) is 8.14. The highest BCUT2D eigenvalue weighted by molar-refractivity contribution is 4.95. The summed E-state index contributed by atoms with van der Waals surface area (Å²) in [6.45, 7) is 10.6. The molecule has 1 saturated heterocycles. The first kappa shape index (κ1) is 15.3. The Morgan fingerprint density at radius 2 is 2.21 bits per heavy atom. The molecule has 1 aliphatic carbocycles. The standard InChI is InChI=1S/C16H32N2O/c1-4-18-10-5-6-15(12-18)14(2)17-13-16(7-8-16)9-11-19-3/h14-15,17H,4-13H2,1-3H3. The van der Waals surface area contributed by atoms with E-state index in [0.29, 0.717) is 11.5 Å². The van der Waals surface area contributed by atoms with Gasteiger partial charge in [0.25, 0.3) is 0 Å². The second-order valence-electron chi connectivity index (χ2n) is 6.71. The maximum Gasteiger partial charge on any atom is 0.0468 e. The van der Waals surface area contributed by atoms with Crippen molar-refractivity contribution in [2.24, 2.45) is 11.3 Å². The predicted octanol–water partition coefficient (Wildman–Crippen LogP) is 2.51. The quantitative estimate of drug-likeness (QED) is 0.732. The summed E-state index contributed by atoms with van der Waals surface area (Å²) in [6.07, 6.45) is 6.79. The molecular weight excluding hydrogens is 236 g/mol. The number of hydrogen-bond acceptors (Lipinski definition) is 3. The van der Waals surface area contributed by atoms with E-state index >= 15 is 0 Å². The fraction of sp³-hybridized carbons (Fsp3) is 1.00. The topological polar surface area (TPSA) is 24.5 Å². The Morgan fingerprint density at radius 1 is 1.42 bits per heavy atom. The molecule has 0 radical (unpaired) electrons. The highest BCUT2D eigenvalue weighted by atomic mass is 16.5. The molecule has 1 saturated carbocycles. The van der Waals surface area contributed by atoms with Gasteiger partial charge in [-0.25, -0.2) is 0 Å². The number of ether oxygens (including phenoxy) is 1. The molecule has 2 atom stereocenters. The molecule has 2 rings (SSSR count). The SMILES string of the molecule is CCN1CCCC(C(C)NCC2(CCOC)CC2)C1. The minimum Gasteiger partial charge on any atom is -0.385 e. The molecule has 1 N–H and O–H groups in total. The zero-order valence-electron chi connectivity index (χ0n) is 13.1. The van der Waals surface area contributed by atoms with Gasteiger partial charge in [0.1, 0.15) is 0 Å². The Bertz CT molecular complexity index is 265. The lowest BCUT2D eigenvalue weighted by Gasteiger charge is -2.36. The molecule has 1 aliphatic heterocycles. The molecule has 0 aromatic rings.